The van der Waals surface area contributed by atoms with Gasteiger partial charge in [0.2, 0.25) is 11.8 Å². The highest BCUT2D eigenvalue weighted by Crippen LogP contribution is 2.17. The van der Waals surface area contributed by atoms with E-state index in [1.807, 2.05) is 31.2 Å². The highest BCUT2D eigenvalue weighted by Gasteiger charge is 2.11. The van der Waals surface area contributed by atoms with Crippen LogP contribution in [0.2, 0.25) is 0 Å². The van der Waals surface area contributed by atoms with Crippen LogP contribution < -0.4 is 16.4 Å². The fourth-order valence-electron chi connectivity index (χ4n) is 1.66. The maximum absolute atomic E-state index is 11.0. The zero-order valence-electron chi connectivity index (χ0n) is 11.6. The van der Waals surface area contributed by atoms with Crippen molar-refractivity contribution in [3.8, 4) is 0 Å². The molecule has 0 saturated heterocycles. The van der Waals surface area contributed by atoms with Crippen molar-refractivity contribution in [3.05, 3.63) is 29.8 Å². The molecule has 5 heteroatoms. The number of nitrogens with two attached hydrogens (primary N) is 1. The van der Waals surface area contributed by atoms with E-state index >= 15 is 0 Å². The molecule has 0 spiro atoms. The minimum absolute atomic E-state index is 0.0792. The van der Waals surface area contributed by atoms with Gasteiger partial charge in [-0.25, -0.2) is 0 Å². The maximum Gasteiger partial charge on any atom is 0.221 e. The second kappa shape index (κ2) is 6.89. The summed E-state index contributed by atoms with van der Waals surface area (Å²) in [6.07, 6.45) is 0. The van der Waals surface area contributed by atoms with Gasteiger partial charge in [0.05, 0.1) is 0 Å². The van der Waals surface area contributed by atoms with Crippen LogP contribution in [-0.4, -0.2) is 18.4 Å². The molecule has 1 aromatic carbocycles. The van der Waals surface area contributed by atoms with Crippen molar-refractivity contribution in [1.82, 2.24) is 5.32 Å². The van der Waals surface area contributed by atoms with Crippen LogP contribution in [0.25, 0.3) is 0 Å². The number of hydrogen-bond donors (Lipinski definition) is 3. The van der Waals surface area contributed by atoms with Gasteiger partial charge < -0.3 is 16.4 Å². The Kier molecular flexibility index (Phi) is 5.51. The average molecular weight is 263 g/mol. The number of rotatable bonds is 6. The molecule has 0 aliphatic heterocycles. The molecule has 0 fully saturated rings. The lowest BCUT2D eigenvalue weighted by Crippen LogP contribution is -2.32. The molecule has 1 rings (SSSR count). The molecular weight excluding hydrogens is 242 g/mol. The van der Waals surface area contributed by atoms with Crippen LogP contribution >= 0.6 is 0 Å². The van der Waals surface area contributed by atoms with Gasteiger partial charge in [0.25, 0.3) is 0 Å². The van der Waals surface area contributed by atoms with Gasteiger partial charge in [-0.15, -0.1) is 0 Å². The Hall–Kier alpha value is -1.88. The van der Waals surface area contributed by atoms with E-state index < -0.39 is 0 Å². The lowest BCUT2D eigenvalue weighted by atomic mass is 10.1. The molecule has 4 N–H and O–H groups in total. The molecule has 0 aliphatic rings. The normalized spacial score (nSPS) is 13.6. The van der Waals surface area contributed by atoms with Gasteiger partial charge in [0.15, 0.2) is 0 Å². The number of carbonyl (C=O) groups is 2. The number of nitrogens with one attached hydrogen (secondary N) is 2. The molecule has 19 heavy (non-hydrogen) atoms. The first-order valence-corrected chi connectivity index (χ1v) is 6.30. The predicted octanol–water partition coefficient (Wildman–Crippen LogP) is 1.42. The average Bonchev–Trinajstić information content (AvgIpc) is 2.34. The zero-order chi connectivity index (χ0) is 14.4. The summed E-state index contributed by atoms with van der Waals surface area (Å²) in [4.78, 5) is 22.0. The van der Waals surface area contributed by atoms with E-state index in [-0.39, 0.29) is 23.8 Å². The number of anilines is 1. The second-order valence-corrected chi connectivity index (χ2v) is 4.74. The largest absolute Gasteiger partial charge is 0.369 e. The van der Waals surface area contributed by atoms with Crippen LogP contribution in [-0.2, 0) is 9.59 Å². The smallest absolute Gasteiger partial charge is 0.221 e. The van der Waals surface area contributed by atoms with Gasteiger partial charge in [0, 0.05) is 31.1 Å². The Morgan fingerprint density at radius 1 is 1.32 bits per heavy atom. The first kappa shape index (κ1) is 15.2. The first-order valence-electron chi connectivity index (χ1n) is 6.30. The number of carbonyl (C=O) groups excluding carboxylic acids is 2. The zero-order valence-corrected chi connectivity index (χ0v) is 11.6. The quantitative estimate of drug-likeness (QED) is 0.725. The molecule has 0 radical (unpaired) electrons. The highest BCUT2D eigenvalue weighted by molar-refractivity contribution is 5.88. The number of amides is 2. The van der Waals surface area contributed by atoms with Crippen molar-refractivity contribution >= 4 is 17.5 Å². The van der Waals surface area contributed by atoms with E-state index in [2.05, 4.69) is 10.6 Å². The summed E-state index contributed by atoms with van der Waals surface area (Å²) >= 11 is 0. The Labute approximate surface area is 113 Å². The number of primary amides is 1. The van der Waals surface area contributed by atoms with Gasteiger partial charge in [0.1, 0.15) is 0 Å². The van der Waals surface area contributed by atoms with Gasteiger partial charge in [-0.1, -0.05) is 19.1 Å². The molecule has 104 valence electrons. The topological polar surface area (TPSA) is 84.2 Å². The van der Waals surface area contributed by atoms with Gasteiger partial charge in [-0.05, 0) is 24.6 Å². The van der Waals surface area contributed by atoms with Crippen LogP contribution in [0, 0.1) is 5.92 Å². The van der Waals surface area contributed by atoms with Crippen molar-refractivity contribution in [2.75, 3.05) is 11.9 Å². The Bertz CT molecular complexity index is 460. The van der Waals surface area contributed by atoms with Gasteiger partial charge in [-0.3, -0.25) is 9.59 Å². The van der Waals surface area contributed by atoms with Crippen molar-refractivity contribution < 1.29 is 9.59 Å². The molecule has 2 amide bonds. The summed E-state index contributed by atoms with van der Waals surface area (Å²) in [6.45, 7) is 5.79. The minimum atomic E-state index is -0.313. The van der Waals surface area contributed by atoms with E-state index in [1.165, 1.54) is 6.92 Å². The summed E-state index contributed by atoms with van der Waals surface area (Å²) in [6, 6.07) is 7.68. The van der Waals surface area contributed by atoms with E-state index in [9.17, 15) is 9.59 Å². The number of hydrogen-bond acceptors (Lipinski definition) is 3. The second-order valence-electron chi connectivity index (χ2n) is 4.74. The first-order chi connectivity index (χ1) is 8.90. The summed E-state index contributed by atoms with van der Waals surface area (Å²) in [7, 11) is 0. The Balaban J connectivity index is 2.63. The summed E-state index contributed by atoms with van der Waals surface area (Å²) < 4.78 is 0. The number of benzene rings is 1. The van der Waals surface area contributed by atoms with E-state index in [1.54, 1.807) is 6.92 Å². The standard InChI is InChI=1S/C14H21N3O2/c1-9(14(15)19)8-16-10(2)12-5-4-6-13(7-12)17-11(3)18/h4-7,9-10,16H,8H2,1-3H3,(H2,15,19)(H,17,18). The summed E-state index contributed by atoms with van der Waals surface area (Å²) in [5.74, 6) is -0.618. The fraction of sp³-hybridized carbons (Fsp3) is 0.429. The summed E-state index contributed by atoms with van der Waals surface area (Å²) in [5, 5.41) is 5.99. The lowest BCUT2D eigenvalue weighted by Gasteiger charge is -2.17. The molecule has 2 atom stereocenters. The molecule has 1 aromatic rings. The molecule has 0 aromatic heterocycles. The third kappa shape index (κ3) is 5.09. The minimum Gasteiger partial charge on any atom is -0.369 e. The van der Waals surface area contributed by atoms with E-state index in [4.69, 9.17) is 5.73 Å². The van der Waals surface area contributed by atoms with Crippen LogP contribution in [0.5, 0.6) is 0 Å². The maximum atomic E-state index is 11.0. The fourth-order valence-corrected chi connectivity index (χ4v) is 1.66. The third-order valence-electron chi connectivity index (χ3n) is 2.92. The molecule has 0 bridgehead atoms. The van der Waals surface area contributed by atoms with Crippen molar-refractivity contribution in [1.29, 1.82) is 0 Å². The third-order valence-corrected chi connectivity index (χ3v) is 2.92. The molecule has 2 unspecified atom stereocenters. The van der Waals surface area contributed by atoms with Crippen molar-refractivity contribution in [2.24, 2.45) is 11.7 Å². The van der Waals surface area contributed by atoms with Crippen LogP contribution in [0.4, 0.5) is 5.69 Å². The van der Waals surface area contributed by atoms with Crippen LogP contribution in [0.1, 0.15) is 32.4 Å². The molecular formula is C14H21N3O2. The van der Waals surface area contributed by atoms with E-state index in [0.29, 0.717) is 6.54 Å². The van der Waals surface area contributed by atoms with E-state index in [0.717, 1.165) is 11.3 Å². The Morgan fingerprint density at radius 3 is 2.58 bits per heavy atom. The SMILES string of the molecule is CC(=O)Nc1cccc(C(C)NCC(C)C(N)=O)c1. The van der Waals surface area contributed by atoms with Gasteiger partial charge >= 0.3 is 0 Å². The van der Waals surface area contributed by atoms with Crippen molar-refractivity contribution in [3.63, 3.8) is 0 Å². The predicted molar refractivity (Wildman–Crippen MR) is 75.5 cm³/mol. The highest BCUT2D eigenvalue weighted by atomic mass is 16.1. The van der Waals surface area contributed by atoms with Crippen molar-refractivity contribution in [2.45, 2.75) is 26.8 Å². The van der Waals surface area contributed by atoms with Crippen LogP contribution in [0.3, 0.4) is 0 Å². The van der Waals surface area contributed by atoms with Crippen LogP contribution in [0.15, 0.2) is 24.3 Å². The Morgan fingerprint density at radius 2 is 2.00 bits per heavy atom. The molecule has 0 saturated carbocycles. The monoisotopic (exact) mass is 263 g/mol. The molecule has 5 nitrogen and oxygen atoms in total. The van der Waals surface area contributed by atoms with Gasteiger partial charge in [-0.2, -0.15) is 0 Å². The summed E-state index contributed by atoms with van der Waals surface area (Å²) in [5.41, 5.74) is 7.02. The molecule has 0 heterocycles. The molecule has 0 aliphatic carbocycles. The lowest BCUT2D eigenvalue weighted by molar-refractivity contribution is -0.121.